The van der Waals surface area contributed by atoms with E-state index in [9.17, 15) is 4.79 Å². The van der Waals surface area contributed by atoms with Gasteiger partial charge in [-0.1, -0.05) is 30.7 Å². The van der Waals surface area contributed by atoms with E-state index in [2.05, 4.69) is 17.1 Å². The first kappa shape index (κ1) is 19.1. The number of rotatable bonds is 7. The lowest BCUT2D eigenvalue weighted by molar-refractivity contribution is 0.206. The average Bonchev–Trinajstić information content (AvgIpc) is 2.64. The predicted octanol–water partition coefficient (Wildman–Crippen LogP) is 4.10. The fourth-order valence-corrected chi connectivity index (χ4v) is 4.60. The van der Waals surface area contributed by atoms with Crippen LogP contribution in [0.15, 0.2) is 35.1 Å². The van der Waals surface area contributed by atoms with Gasteiger partial charge in [0.15, 0.2) is 5.43 Å². The molecule has 0 aliphatic heterocycles. The molecule has 3 rings (SSSR count). The maximum absolute atomic E-state index is 13.1. The SMILES string of the molecule is CCN(CCO)CCNc1ccc(C)c2sc3c(Cl)cccc3c(=O)c12. The van der Waals surface area contributed by atoms with Crippen LogP contribution in [0.2, 0.25) is 5.02 Å². The molecule has 6 heteroatoms. The summed E-state index contributed by atoms with van der Waals surface area (Å²) >= 11 is 7.89. The van der Waals surface area contributed by atoms with Gasteiger partial charge < -0.3 is 10.4 Å². The van der Waals surface area contributed by atoms with Crippen LogP contribution in [0.5, 0.6) is 0 Å². The zero-order chi connectivity index (χ0) is 18.7. The molecule has 0 bridgehead atoms. The van der Waals surface area contributed by atoms with E-state index in [1.54, 1.807) is 11.3 Å². The molecule has 0 fully saturated rings. The smallest absolute Gasteiger partial charge is 0.198 e. The summed E-state index contributed by atoms with van der Waals surface area (Å²) < 4.78 is 1.82. The van der Waals surface area contributed by atoms with Gasteiger partial charge in [-0.2, -0.15) is 0 Å². The summed E-state index contributed by atoms with van der Waals surface area (Å²) in [5.41, 5.74) is 1.95. The highest BCUT2D eigenvalue weighted by Gasteiger charge is 2.13. The van der Waals surface area contributed by atoms with Crippen LogP contribution < -0.4 is 10.7 Å². The summed E-state index contributed by atoms with van der Waals surface area (Å²) in [7, 11) is 0. The molecule has 2 N–H and O–H groups in total. The largest absolute Gasteiger partial charge is 0.395 e. The van der Waals surface area contributed by atoms with Crippen molar-refractivity contribution in [1.29, 1.82) is 0 Å². The minimum Gasteiger partial charge on any atom is -0.395 e. The number of fused-ring (bicyclic) bond motifs is 2. The van der Waals surface area contributed by atoms with Crippen LogP contribution in [0, 0.1) is 6.92 Å². The van der Waals surface area contributed by atoms with Crippen LogP contribution in [0.25, 0.3) is 20.2 Å². The van der Waals surface area contributed by atoms with Crippen molar-refractivity contribution in [3.8, 4) is 0 Å². The lowest BCUT2D eigenvalue weighted by Crippen LogP contribution is -2.31. The first-order valence-electron chi connectivity index (χ1n) is 8.78. The third-order valence-corrected chi connectivity index (χ3v) is 6.41. The Balaban J connectivity index is 2.02. The van der Waals surface area contributed by atoms with E-state index in [1.807, 2.05) is 37.3 Å². The fraction of sp³-hybridized carbons (Fsp3) is 0.350. The molecule has 0 aliphatic carbocycles. The van der Waals surface area contributed by atoms with Crippen LogP contribution in [-0.4, -0.2) is 42.8 Å². The van der Waals surface area contributed by atoms with E-state index in [-0.39, 0.29) is 12.0 Å². The van der Waals surface area contributed by atoms with Gasteiger partial charge in [0.1, 0.15) is 0 Å². The molecule has 138 valence electrons. The van der Waals surface area contributed by atoms with Crippen molar-refractivity contribution in [2.45, 2.75) is 13.8 Å². The number of hydrogen-bond acceptors (Lipinski definition) is 5. The molecule has 1 heterocycles. The number of hydrogen-bond donors (Lipinski definition) is 2. The summed E-state index contributed by atoms with van der Waals surface area (Å²) in [4.78, 5) is 15.3. The standard InChI is InChI=1S/C20H23ClN2O2S/c1-3-23(11-12-24)10-9-22-16-8-7-13(2)19-17(16)18(25)14-5-4-6-15(21)20(14)26-19/h4-8,22,24H,3,9-12H2,1-2H3. The van der Waals surface area contributed by atoms with Gasteiger partial charge in [0.05, 0.1) is 21.7 Å². The van der Waals surface area contributed by atoms with E-state index in [1.165, 1.54) is 0 Å². The van der Waals surface area contributed by atoms with Crippen molar-refractivity contribution >= 4 is 48.8 Å². The molecule has 1 aromatic heterocycles. The fourth-order valence-electron chi connectivity index (χ4n) is 3.14. The zero-order valence-corrected chi connectivity index (χ0v) is 16.6. The third-order valence-electron chi connectivity index (χ3n) is 4.60. The summed E-state index contributed by atoms with van der Waals surface area (Å²) in [5, 5.41) is 14.5. The van der Waals surface area contributed by atoms with E-state index in [4.69, 9.17) is 16.7 Å². The minimum absolute atomic E-state index is 0.0187. The molecule has 2 aromatic carbocycles. The van der Waals surface area contributed by atoms with Crippen LogP contribution >= 0.6 is 22.9 Å². The van der Waals surface area contributed by atoms with Gasteiger partial charge in [-0.05, 0) is 37.2 Å². The number of aliphatic hydroxyl groups is 1. The number of nitrogens with zero attached hydrogens (tertiary/aromatic N) is 1. The Hall–Kier alpha value is -1.66. The molecular weight excluding hydrogens is 368 g/mol. The monoisotopic (exact) mass is 390 g/mol. The van der Waals surface area contributed by atoms with Crippen molar-refractivity contribution in [3.63, 3.8) is 0 Å². The molecule has 0 unspecified atom stereocenters. The molecule has 0 saturated heterocycles. The number of aryl methyl sites for hydroxylation is 1. The molecule has 4 nitrogen and oxygen atoms in total. The average molecular weight is 391 g/mol. The number of nitrogens with one attached hydrogen (secondary N) is 1. The van der Waals surface area contributed by atoms with Crippen LogP contribution in [0.4, 0.5) is 5.69 Å². The molecule has 0 amide bonds. The highest BCUT2D eigenvalue weighted by molar-refractivity contribution is 7.25. The van der Waals surface area contributed by atoms with E-state index in [0.717, 1.165) is 39.1 Å². The van der Waals surface area contributed by atoms with Crippen molar-refractivity contribution < 1.29 is 5.11 Å². The van der Waals surface area contributed by atoms with E-state index < -0.39 is 0 Å². The van der Waals surface area contributed by atoms with Crippen LogP contribution in [0.1, 0.15) is 12.5 Å². The summed E-state index contributed by atoms with van der Waals surface area (Å²) in [5.74, 6) is 0. The van der Waals surface area contributed by atoms with Crippen LogP contribution in [0.3, 0.4) is 0 Å². The van der Waals surface area contributed by atoms with Crippen LogP contribution in [-0.2, 0) is 0 Å². The summed E-state index contributed by atoms with van der Waals surface area (Å²) in [6, 6.07) is 9.50. The molecule has 0 aliphatic rings. The Labute approximate surface area is 162 Å². The maximum Gasteiger partial charge on any atom is 0.198 e. The molecule has 26 heavy (non-hydrogen) atoms. The Morgan fingerprint density at radius 1 is 1.19 bits per heavy atom. The van der Waals surface area contributed by atoms with E-state index >= 15 is 0 Å². The lowest BCUT2D eigenvalue weighted by Gasteiger charge is -2.20. The second kappa shape index (κ2) is 8.35. The van der Waals surface area contributed by atoms with Gasteiger partial charge in [-0.25, -0.2) is 0 Å². The number of aliphatic hydroxyl groups excluding tert-OH is 1. The van der Waals surface area contributed by atoms with Crippen molar-refractivity contribution in [2.75, 3.05) is 38.1 Å². The molecule has 0 radical (unpaired) electrons. The Bertz CT molecular complexity index is 987. The second-order valence-corrected chi connectivity index (χ2v) is 7.69. The molecule has 0 atom stereocenters. The van der Waals surface area contributed by atoms with Gasteiger partial charge >= 0.3 is 0 Å². The van der Waals surface area contributed by atoms with Gasteiger partial charge in [0.2, 0.25) is 0 Å². The number of likely N-dealkylation sites (N-methyl/N-ethyl adjacent to an activating group) is 1. The molecule has 3 aromatic rings. The number of anilines is 1. The second-order valence-electron chi connectivity index (χ2n) is 6.27. The number of benzene rings is 2. The Kier molecular flexibility index (Phi) is 6.14. The van der Waals surface area contributed by atoms with Gasteiger partial charge in [-0.15, -0.1) is 11.3 Å². The topological polar surface area (TPSA) is 52.6 Å². The summed E-state index contributed by atoms with van der Waals surface area (Å²) in [6.07, 6.45) is 0. The first-order valence-corrected chi connectivity index (χ1v) is 9.98. The molecule has 0 spiro atoms. The number of halogens is 1. The van der Waals surface area contributed by atoms with Gasteiger partial charge in [0, 0.05) is 35.4 Å². The first-order chi connectivity index (χ1) is 12.6. The molecular formula is C20H23ClN2O2S. The quantitative estimate of drug-likeness (QED) is 0.596. The zero-order valence-electron chi connectivity index (χ0n) is 15.0. The molecule has 0 saturated carbocycles. The third kappa shape index (κ3) is 3.71. The van der Waals surface area contributed by atoms with E-state index in [0.29, 0.717) is 23.5 Å². The maximum atomic E-state index is 13.1. The van der Waals surface area contributed by atoms with Gasteiger partial charge in [0.25, 0.3) is 0 Å². The van der Waals surface area contributed by atoms with Crippen molar-refractivity contribution in [3.05, 3.63) is 51.1 Å². The minimum atomic E-state index is 0.0187. The highest BCUT2D eigenvalue weighted by atomic mass is 35.5. The Morgan fingerprint density at radius 3 is 2.73 bits per heavy atom. The van der Waals surface area contributed by atoms with Crippen molar-refractivity contribution in [2.24, 2.45) is 0 Å². The Morgan fingerprint density at radius 2 is 2.00 bits per heavy atom. The highest BCUT2D eigenvalue weighted by Crippen LogP contribution is 2.34. The van der Waals surface area contributed by atoms with Crippen molar-refractivity contribution in [1.82, 2.24) is 4.90 Å². The van der Waals surface area contributed by atoms with Gasteiger partial charge in [-0.3, -0.25) is 9.69 Å². The lowest BCUT2D eigenvalue weighted by atomic mass is 10.1. The summed E-state index contributed by atoms with van der Waals surface area (Å²) in [6.45, 7) is 7.31. The predicted molar refractivity (Wildman–Crippen MR) is 113 cm³/mol. The normalized spacial score (nSPS) is 11.6.